The predicted octanol–water partition coefficient (Wildman–Crippen LogP) is 5.23. The summed E-state index contributed by atoms with van der Waals surface area (Å²) in [4.78, 5) is 12.4. The number of carbonyl (C=O) groups is 1. The first-order valence-corrected chi connectivity index (χ1v) is 8.94. The normalized spacial score (nSPS) is 30.0. The number of hydrogen-bond acceptors (Lipinski definition) is 2. The van der Waals surface area contributed by atoms with Gasteiger partial charge in [0, 0.05) is 0 Å². The van der Waals surface area contributed by atoms with Crippen LogP contribution in [0.1, 0.15) is 76.2 Å². The lowest BCUT2D eigenvalue weighted by atomic mass is 9.76. The molecule has 22 heavy (non-hydrogen) atoms. The molecule has 3 rings (SSSR count). The van der Waals surface area contributed by atoms with Crippen LogP contribution in [0, 0.1) is 5.92 Å². The Morgan fingerprint density at radius 3 is 2.27 bits per heavy atom. The molecule has 0 radical (unpaired) electrons. The van der Waals surface area contributed by atoms with E-state index in [0.717, 1.165) is 38.5 Å². The average Bonchev–Trinajstić information content (AvgIpc) is 2.57. The number of ether oxygens (including phenoxy) is 1. The minimum Gasteiger partial charge on any atom is -0.459 e. The quantitative estimate of drug-likeness (QED) is 0.715. The van der Waals surface area contributed by atoms with E-state index in [9.17, 15) is 4.79 Å². The minimum atomic E-state index is -0.236. The molecule has 0 N–H and O–H groups in total. The van der Waals surface area contributed by atoms with Crippen LogP contribution in [-0.2, 0) is 9.53 Å². The van der Waals surface area contributed by atoms with Crippen molar-refractivity contribution < 1.29 is 9.53 Å². The molecule has 2 aliphatic carbocycles. The van der Waals surface area contributed by atoms with Crippen molar-refractivity contribution in [2.24, 2.45) is 5.92 Å². The Bertz CT molecular complexity index is 480. The largest absolute Gasteiger partial charge is 0.459 e. The number of hydrogen-bond donors (Lipinski definition) is 0. The number of esters is 1. The van der Waals surface area contributed by atoms with Gasteiger partial charge in [-0.25, -0.2) is 0 Å². The molecule has 0 spiro atoms. The van der Waals surface area contributed by atoms with Crippen molar-refractivity contribution in [1.29, 1.82) is 0 Å². The van der Waals surface area contributed by atoms with Gasteiger partial charge in [0.2, 0.25) is 0 Å². The van der Waals surface area contributed by atoms with Gasteiger partial charge in [0.25, 0.3) is 0 Å². The fraction of sp³-hybridized carbons (Fsp3) is 0.650. The van der Waals surface area contributed by atoms with Gasteiger partial charge in [0.05, 0.1) is 5.92 Å². The second kappa shape index (κ2) is 6.85. The van der Waals surface area contributed by atoms with E-state index < -0.39 is 0 Å². The molecule has 0 aliphatic heterocycles. The summed E-state index contributed by atoms with van der Waals surface area (Å²) in [5.41, 5.74) is 1.20. The van der Waals surface area contributed by atoms with Crippen LogP contribution in [0.15, 0.2) is 30.3 Å². The third-order valence-corrected chi connectivity index (χ3v) is 5.60. The molecule has 1 aromatic rings. The van der Waals surface area contributed by atoms with Crippen molar-refractivity contribution in [3.05, 3.63) is 35.9 Å². The van der Waals surface area contributed by atoms with E-state index in [1.54, 1.807) is 0 Å². The number of rotatable bonds is 3. The first-order valence-electron chi connectivity index (χ1n) is 8.94. The van der Waals surface area contributed by atoms with Crippen LogP contribution >= 0.6 is 0 Å². The number of carbonyl (C=O) groups excluding carboxylic acids is 1. The molecule has 0 aromatic heterocycles. The van der Waals surface area contributed by atoms with Gasteiger partial charge < -0.3 is 4.74 Å². The van der Waals surface area contributed by atoms with Gasteiger partial charge in [0.15, 0.2) is 0 Å². The first kappa shape index (κ1) is 15.6. The van der Waals surface area contributed by atoms with E-state index >= 15 is 0 Å². The Kier molecular flexibility index (Phi) is 4.85. The van der Waals surface area contributed by atoms with E-state index in [4.69, 9.17) is 4.74 Å². The van der Waals surface area contributed by atoms with Crippen molar-refractivity contribution in [3.63, 3.8) is 0 Å². The highest BCUT2D eigenvalue weighted by atomic mass is 16.6. The lowest BCUT2D eigenvalue weighted by Crippen LogP contribution is -2.38. The fourth-order valence-corrected chi connectivity index (χ4v) is 4.05. The Morgan fingerprint density at radius 2 is 1.64 bits per heavy atom. The standard InChI is InChI=1S/C20H28O2/c1-20(22-19(21)18-10-6-3-7-11-18)14-12-17(13-15-20)16-8-4-2-5-9-16/h2,4-5,8-9,17-18H,3,6-7,10-15H2,1H3. The van der Waals surface area contributed by atoms with Crippen molar-refractivity contribution in [1.82, 2.24) is 0 Å². The predicted molar refractivity (Wildman–Crippen MR) is 88.7 cm³/mol. The highest BCUT2D eigenvalue weighted by Crippen LogP contribution is 2.40. The van der Waals surface area contributed by atoms with Crippen molar-refractivity contribution in [3.8, 4) is 0 Å². The van der Waals surface area contributed by atoms with E-state index in [1.807, 2.05) is 0 Å². The zero-order valence-corrected chi connectivity index (χ0v) is 13.7. The summed E-state index contributed by atoms with van der Waals surface area (Å²) in [6.45, 7) is 2.13. The summed E-state index contributed by atoms with van der Waals surface area (Å²) in [5, 5.41) is 0. The van der Waals surface area contributed by atoms with E-state index in [-0.39, 0.29) is 17.5 Å². The zero-order chi connectivity index (χ0) is 15.4. The van der Waals surface area contributed by atoms with Crippen molar-refractivity contribution >= 4 is 5.97 Å². The molecular weight excluding hydrogens is 272 g/mol. The van der Waals surface area contributed by atoms with Crippen LogP contribution in [0.3, 0.4) is 0 Å². The summed E-state index contributed by atoms with van der Waals surface area (Å²) in [7, 11) is 0. The molecule has 120 valence electrons. The van der Waals surface area contributed by atoms with E-state index in [0.29, 0.717) is 5.92 Å². The summed E-state index contributed by atoms with van der Waals surface area (Å²) in [6.07, 6.45) is 9.94. The average molecular weight is 300 g/mol. The topological polar surface area (TPSA) is 26.3 Å². The second-order valence-corrected chi connectivity index (χ2v) is 7.39. The molecular formula is C20H28O2. The van der Waals surface area contributed by atoms with Crippen LogP contribution in [0.4, 0.5) is 0 Å². The van der Waals surface area contributed by atoms with Crippen LogP contribution in [0.25, 0.3) is 0 Å². The molecule has 0 bridgehead atoms. The molecule has 2 fully saturated rings. The van der Waals surface area contributed by atoms with Gasteiger partial charge in [0.1, 0.15) is 5.60 Å². The Morgan fingerprint density at radius 1 is 1.00 bits per heavy atom. The second-order valence-electron chi connectivity index (χ2n) is 7.39. The van der Waals surface area contributed by atoms with Gasteiger partial charge in [-0.2, -0.15) is 0 Å². The van der Waals surface area contributed by atoms with Crippen LogP contribution in [0.2, 0.25) is 0 Å². The molecule has 0 unspecified atom stereocenters. The lowest BCUT2D eigenvalue weighted by Gasteiger charge is -2.38. The van der Waals surface area contributed by atoms with Crippen LogP contribution < -0.4 is 0 Å². The monoisotopic (exact) mass is 300 g/mol. The summed E-state index contributed by atoms with van der Waals surface area (Å²) < 4.78 is 5.96. The molecule has 2 saturated carbocycles. The maximum atomic E-state index is 12.4. The van der Waals surface area contributed by atoms with Crippen LogP contribution in [0.5, 0.6) is 0 Å². The lowest BCUT2D eigenvalue weighted by molar-refractivity contribution is -0.167. The first-order chi connectivity index (χ1) is 10.7. The van der Waals surface area contributed by atoms with Gasteiger partial charge in [-0.15, -0.1) is 0 Å². The number of benzene rings is 1. The SMILES string of the molecule is CC1(OC(=O)C2CCCCC2)CCC(c2ccccc2)CC1. The molecule has 0 amide bonds. The summed E-state index contributed by atoms with van der Waals surface area (Å²) in [6, 6.07) is 10.8. The van der Waals surface area contributed by atoms with Gasteiger partial charge in [-0.1, -0.05) is 49.6 Å². The van der Waals surface area contributed by atoms with Gasteiger partial charge >= 0.3 is 5.97 Å². The Hall–Kier alpha value is -1.31. The Labute approximate surface area is 134 Å². The summed E-state index contributed by atoms with van der Waals surface area (Å²) >= 11 is 0. The summed E-state index contributed by atoms with van der Waals surface area (Å²) in [5.74, 6) is 0.862. The van der Waals surface area contributed by atoms with Gasteiger partial charge in [-0.05, 0) is 56.9 Å². The molecule has 0 heterocycles. The third kappa shape index (κ3) is 3.71. The van der Waals surface area contributed by atoms with Crippen molar-refractivity contribution in [2.75, 3.05) is 0 Å². The zero-order valence-electron chi connectivity index (χ0n) is 13.7. The van der Waals surface area contributed by atoms with Crippen LogP contribution in [-0.4, -0.2) is 11.6 Å². The molecule has 0 atom stereocenters. The van der Waals surface area contributed by atoms with Gasteiger partial charge in [-0.3, -0.25) is 4.79 Å². The van der Waals surface area contributed by atoms with E-state index in [2.05, 4.69) is 37.3 Å². The minimum absolute atomic E-state index is 0.0698. The smallest absolute Gasteiger partial charge is 0.309 e. The van der Waals surface area contributed by atoms with Crippen molar-refractivity contribution in [2.45, 2.75) is 76.2 Å². The molecule has 2 heteroatoms. The Balaban J connectivity index is 1.54. The molecule has 1 aromatic carbocycles. The molecule has 0 saturated heterocycles. The maximum Gasteiger partial charge on any atom is 0.309 e. The molecule has 2 aliphatic rings. The highest BCUT2D eigenvalue weighted by Gasteiger charge is 2.36. The molecule has 2 nitrogen and oxygen atoms in total. The maximum absolute atomic E-state index is 12.4. The fourth-order valence-electron chi connectivity index (χ4n) is 4.05. The van der Waals surface area contributed by atoms with E-state index in [1.165, 1.54) is 24.8 Å². The third-order valence-electron chi connectivity index (χ3n) is 5.60. The highest BCUT2D eigenvalue weighted by molar-refractivity contribution is 5.73.